The van der Waals surface area contributed by atoms with Gasteiger partial charge >= 0.3 is 0 Å². The van der Waals surface area contributed by atoms with Crippen LogP contribution in [0.15, 0.2) is 79.0 Å². The summed E-state index contributed by atoms with van der Waals surface area (Å²) >= 11 is 1.53. The number of piperazine rings is 1. The van der Waals surface area contributed by atoms with Crippen molar-refractivity contribution in [2.45, 2.75) is 13.1 Å². The number of para-hydroxylation sites is 1. The molecule has 1 aliphatic heterocycles. The predicted octanol–water partition coefficient (Wildman–Crippen LogP) is 4.53. The average molecular weight is 443 g/mol. The van der Waals surface area contributed by atoms with Crippen LogP contribution in [0.2, 0.25) is 0 Å². The zero-order chi connectivity index (χ0) is 21.6. The van der Waals surface area contributed by atoms with E-state index in [0.717, 1.165) is 55.1 Å². The fourth-order valence-electron chi connectivity index (χ4n) is 3.99. The molecule has 0 atom stereocenters. The summed E-state index contributed by atoms with van der Waals surface area (Å²) in [4.78, 5) is 9.37. The summed E-state index contributed by atoms with van der Waals surface area (Å²) < 4.78 is 0. The molecule has 0 amide bonds. The minimum atomic E-state index is 0.733. The van der Waals surface area contributed by atoms with Gasteiger partial charge in [0.15, 0.2) is 5.01 Å². The summed E-state index contributed by atoms with van der Waals surface area (Å²) in [7, 11) is 0. The molecule has 1 saturated heterocycles. The number of nitrogens with one attached hydrogen (secondary N) is 1. The van der Waals surface area contributed by atoms with Gasteiger partial charge in [-0.3, -0.25) is 9.88 Å². The number of hydrogen-bond acceptors (Lipinski definition) is 7. The first-order valence-corrected chi connectivity index (χ1v) is 11.7. The standard InChI is InChI=1S/C25H26N6S/c1-2-10-22(11-3-1)31-16-14-30(15-17-31)19-21-9-5-4-8-20(21)18-27-25-29-28-24(32-25)23-12-6-7-13-26-23/h1-13H,14-19H2,(H,27,29). The van der Waals surface area contributed by atoms with Crippen LogP contribution in [0, 0.1) is 0 Å². The van der Waals surface area contributed by atoms with Gasteiger partial charge in [0, 0.05) is 51.2 Å². The highest BCUT2D eigenvalue weighted by Gasteiger charge is 2.18. The summed E-state index contributed by atoms with van der Waals surface area (Å²) in [6.07, 6.45) is 1.78. The SMILES string of the molecule is c1ccc(N2CCN(Cc3ccccc3CNc3nnc(-c4ccccn4)s3)CC2)cc1. The van der Waals surface area contributed by atoms with E-state index >= 15 is 0 Å². The number of hydrogen-bond donors (Lipinski definition) is 1. The van der Waals surface area contributed by atoms with Crippen molar-refractivity contribution in [2.24, 2.45) is 0 Å². The van der Waals surface area contributed by atoms with Crippen LogP contribution in [0.3, 0.4) is 0 Å². The fraction of sp³-hybridized carbons (Fsp3) is 0.240. The molecule has 4 aromatic rings. The van der Waals surface area contributed by atoms with E-state index in [-0.39, 0.29) is 0 Å². The Morgan fingerprint density at radius 3 is 2.31 bits per heavy atom. The van der Waals surface area contributed by atoms with Crippen LogP contribution in [0.25, 0.3) is 10.7 Å². The minimum Gasteiger partial charge on any atom is -0.369 e. The molecule has 1 fully saturated rings. The highest BCUT2D eigenvalue weighted by Crippen LogP contribution is 2.25. The first-order valence-electron chi connectivity index (χ1n) is 10.9. The molecule has 0 radical (unpaired) electrons. The number of anilines is 2. The number of rotatable bonds is 7. The molecule has 6 nitrogen and oxygen atoms in total. The molecule has 3 heterocycles. The number of nitrogens with zero attached hydrogens (tertiary/aromatic N) is 5. The van der Waals surface area contributed by atoms with Crippen molar-refractivity contribution in [3.05, 3.63) is 90.1 Å². The number of pyridine rings is 1. The first-order chi connectivity index (χ1) is 15.8. The number of aromatic nitrogens is 3. The Kier molecular flexibility index (Phi) is 6.37. The topological polar surface area (TPSA) is 57.2 Å². The molecule has 7 heteroatoms. The normalized spacial score (nSPS) is 14.4. The summed E-state index contributed by atoms with van der Waals surface area (Å²) in [5.41, 5.74) is 4.84. The van der Waals surface area contributed by atoms with Gasteiger partial charge in [0.25, 0.3) is 0 Å². The van der Waals surface area contributed by atoms with E-state index in [9.17, 15) is 0 Å². The second-order valence-corrected chi connectivity index (χ2v) is 8.83. The van der Waals surface area contributed by atoms with Crippen molar-refractivity contribution in [2.75, 3.05) is 36.4 Å². The molecule has 32 heavy (non-hydrogen) atoms. The van der Waals surface area contributed by atoms with E-state index in [1.165, 1.54) is 28.2 Å². The third kappa shape index (κ3) is 4.95. The van der Waals surface area contributed by atoms with E-state index < -0.39 is 0 Å². The smallest absolute Gasteiger partial charge is 0.206 e. The average Bonchev–Trinajstić information content (AvgIpc) is 3.34. The van der Waals surface area contributed by atoms with Crippen LogP contribution >= 0.6 is 11.3 Å². The van der Waals surface area contributed by atoms with Gasteiger partial charge in [-0.2, -0.15) is 0 Å². The largest absolute Gasteiger partial charge is 0.369 e. The van der Waals surface area contributed by atoms with Crippen molar-refractivity contribution in [3.8, 4) is 10.7 Å². The molecule has 0 aliphatic carbocycles. The second-order valence-electron chi connectivity index (χ2n) is 7.85. The lowest BCUT2D eigenvalue weighted by molar-refractivity contribution is 0.249. The number of benzene rings is 2. The third-order valence-electron chi connectivity index (χ3n) is 5.75. The van der Waals surface area contributed by atoms with E-state index in [1.54, 1.807) is 6.20 Å². The van der Waals surface area contributed by atoms with Gasteiger partial charge in [0.2, 0.25) is 5.13 Å². The van der Waals surface area contributed by atoms with Gasteiger partial charge in [-0.15, -0.1) is 10.2 Å². The Morgan fingerprint density at radius 2 is 1.53 bits per heavy atom. The fourth-order valence-corrected chi connectivity index (χ4v) is 4.70. The Morgan fingerprint density at radius 1 is 0.781 bits per heavy atom. The van der Waals surface area contributed by atoms with Crippen LogP contribution in [0.5, 0.6) is 0 Å². The van der Waals surface area contributed by atoms with Gasteiger partial charge in [-0.05, 0) is 35.4 Å². The van der Waals surface area contributed by atoms with Gasteiger partial charge < -0.3 is 10.2 Å². The Bertz CT molecular complexity index is 1120. The summed E-state index contributed by atoms with van der Waals surface area (Å²) in [5, 5.41) is 13.7. The molecular weight excluding hydrogens is 416 g/mol. The van der Waals surface area contributed by atoms with Gasteiger partial charge in [0.1, 0.15) is 5.69 Å². The summed E-state index contributed by atoms with van der Waals surface area (Å²) in [6, 6.07) is 25.2. The Labute approximate surface area is 192 Å². The van der Waals surface area contributed by atoms with Crippen LogP contribution in [0.1, 0.15) is 11.1 Å². The Balaban J connectivity index is 1.18. The van der Waals surface area contributed by atoms with E-state index in [0.29, 0.717) is 0 Å². The van der Waals surface area contributed by atoms with Crippen molar-refractivity contribution in [3.63, 3.8) is 0 Å². The monoisotopic (exact) mass is 442 g/mol. The van der Waals surface area contributed by atoms with E-state index in [2.05, 4.69) is 84.9 Å². The molecule has 1 aliphatic rings. The van der Waals surface area contributed by atoms with E-state index in [1.807, 2.05) is 18.2 Å². The quantitative estimate of drug-likeness (QED) is 0.454. The lowest BCUT2D eigenvalue weighted by Gasteiger charge is -2.36. The summed E-state index contributed by atoms with van der Waals surface area (Å²) in [5.74, 6) is 0. The molecule has 0 saturated carbocycles. The van der Waals surface area contributed by atoms with Crippen LogP contribution < -0.4 is 10.2 Å². The highest BCUT2D eigenvalue weighted by molar-refractivity contribution is 7.18. The molecule has 5 rings (SSSR count). The summed E-state index contributed by atoms with van der Waals surface area (Å²) in [6.45, 7) is 5.96. The highest BCUT2D eigenvalue weighted by atomic mass is 32.1. The third-order valence-corrected chi connectivity index (χ3v) is 6.65. The Hall–Kier alpha value is -3.29. The maximum Gasteiger partial charge on any atom is 0.206 e. The molecule has 0 unspecified atom stereocenters. The molecule has 2 aromatic heterocycles. The van der Waals surface area contributed by atoms with Crippen molar-refractivity contribution in [1.82, 2.24) is 20.1 Å². The molecule has 0 bridgehead atoms. The molecule has 162 valence electrons. The van der Waals surface area contributed by atoms with Gasteiger partial charge in [0.05, 0.1) is 0 Å². The zero-order valence-corrected chi connectivity index (χ0v) is 18.7. The van der Waals surface area contributed by atoms with Gasteiger partial charge in [-0.1, -0.05) is 59.9 Å². The lowest BCUT2D eigenvalue weighted by Crippen LogP contribution is -2.46. The van der Waals surface area contributed by atoms with Gasteiger partial charge in [-0.25, -0.2) is 0 Å². The van der Waals surface area contributed by atoms with Crippen LogP contribution in [0.4, 0.5) is 10.8 Å². The van der Waals surface area contributed by atoms with E-state index in [4.69, 9.17) is 0 Å². The molecule has 0 spiro atoms. The zero-order valence-electron chi connectivity index (χ0n) is 17.9. The molecular formula is C25H26N6S. The maximum atomic E-state index is 4.36. The minimum absolute atomic E-state index is 0.733. The lowest BCUT2D eigenvalue weighted by atomic mass is 10.1. The van der Waals surface area contributed by atoms with Crippen molar-refractivity contribution < 1.29 is 0 Å². The van der Waals surface area contributed by atoms with Crippen molar-refractivity contribution >= 4 is 22.2 Å². The maximum absolute atomic E-state index is 4.36. The second kappa shape index (κ2) is 9.89. The molecule has 1 N–H and O–H groups in total. The van der Waals surface area contributed by atoms with Crippen molar-refractivity contribution in [1.29, 1.82) is 0 Å². The first kappa shape index (κ1) is 20.6. The molecule has 2 aromatic carbocycles. The van der Waals surface area contributed by atoms with Crippen LogP contribution in [-0.2, 0) is 13.1 Å². The van der Waals surface area contributed by atoms with Crippen LogP contribution in [-0.4, -0.2) is 46.3 Å². The predicted molar refractivity (Wildman–Crippen MR) is 131 cm³/mol.